The van der Waals surface area contributed by atoms with Gasteiger partial charge in [-0.05, 0) is 49.3 Å². The molecule has 2 nitrogen and oxygen atoms in total. The van der Waals surface area contributed by atoms with Crippen molar-refractivity contribution >= 4 is 14.1 Å². The number of nitrogens with zero attached hydrogens (tertiary/aromatic N) is 2. The summed E-state index contributed by atoms with van der Waals surface area (Å²) in [7, 11) is -1.35. The number of aryl methyl sites for hydroxylation is 1. The van der Waals surface area contributed by atoms with Crippen molar-refractivity contribution in [1.29, 1.82) is 0 Å². The van der Waals surface area contributed by atoms with Crippen LogP contribution >= 0.6 is 0 Å². The largest absolute Gasteiger partial charge is 0.260 e. The van der Waals surface area contributed by atoms with Crippen LogP contribution in [0.4, 0.5) is 0 Å². The van der Waals surface area contributed by atoms with Gasteiger partial charge in [0.25, 0.3) is 0 Å². The Morgan fingerprint density at radius 3 is 2.29 bits per heavy atom. The lowest BCUT2D eigenvalue weighted by molar-refractivity contribution is 0.660. The van der Waals surface area contributed by atoms with Gasteiger partial charge in [-0.25, -0.2) is 0 Å². The molecule has 0 N–H and O–H groups in total. The molecule has 0 unspecified atom stereocenters. The Hall–Kier alpha value is -2.62. The van der Waals surface area contributed by atoms with Crippen molar-refractivity contribution in [2.75, 3.05) is 0 Å². The third kappa shape index (κ3) is 8.85. The van der Waals surface area contributed by atoms with Crippen LogP contribution in [-0.2, 0) is 6.42 Å². The Bertz CT molecular complexity index is 881. The van der Waals surface area contributed by atoms with E-state index in [2.05, 4.69) is 65.9 Å². The summed E-state index contributed by atoms with van der Waals surface area (Å²) >= 11 is 0. The molecule has 2 aromatic heterocycles. The highest BCUT2D eigenvalue weighted by molar-refractivity contribution is 6.83. The van der Waals surface area contributed by atoms with E-state index < -0.39 is 8.07 Å². The summed E-state index contributed by atoms with van der Waals surface area (Å²) in [5, 5.41) is 0. The summed E-state index contributed by atoms with van der Waals surface area (Å²) < 4.78 is 0. The van der Waals surface area contributed by atoms with Crippen LogP contribution in [0.2, 0.25) is 19.6 Å². The van der Waals surface area contributed by atoms with Crippen LogP contribution in [0.1, 0.15) is 55.1 Å². The Kier molecular flexibility index (Phi) is 8.73. The summed E-state index contributed by atoms with van der Waals surface area (Å²) in [4.78, 5) is 8.93. The summed E-state index contributed by atoms with van der Waals surface area (Å²) in [5.74, 6) is 9.39. The molecule has 0 aliphatic heterocycles. The van der Waals surface area contributed by atoms with E-state index in [1.807, 2.05) is 42.7 Å². The monoisotopic (exact) mass is 386 g/mol. The summed E-state index contributed by atoms with van der Waals surface area (Å²) in [5.41, 5.74) is 7.29. The topological polar surface area (TPSA) is 25.8 Å². The minimum Gasteiger partial charge on any atom is -0.260 e. The van der Waals surface area contributed by atoms with Crippen molar-refractivity contribution in [2.45, 2.75) is 58.7 Å². The average molecular weight is 387 g/mol. The van der Waals surface area contributed by atoms with Gasteiger partial charge in [0.2, 0.25) is 0 Å². The van der Waals surface area contributed by atoms with Gasteiger partial charge in [0.05, 0.1) is 5.69 Å². The predicted octanol–water partition coefficient (Wildman–Crippen LogP) is 5.89. The zero-order chi connectivity index (χ0) is 20.2. The molecule has 0 bridgehead atoms. The maximum Gasteiger partial charge on any atom is 0.129 e. The molecule has 0 aromatic carbocycles. The molecule has 2 heterocycles. The molecular weight excluding hydrogens is 356 g/mol. The standard InChI is InChI=1S/C25H30N2Si/c1-5-6-7-8-12-24-16-14-22(20-26-24)11-9-10-13-25-17-15-23(21-27-25)18-19-28(2,3)4/h10,13-17,20-21H,5-8,12H2,1-4H3. The number of allylic oxidation sites excluding steroid dienone is 1. The lowest BCUT2D eigenvalue weighted by atomic mass is 10.1. The van der Waals surface area contributed by atoms with Crippen molar-refractivity contribution in [3.05, 3.63) is 65.2 Å². The van der Waals surface area contributed by atoms with Crippen molar-refractivity contribution in [3.63, 3.8) is 0 Å². The van der Waals surface area contributed by atoms with Gasteiger partial charge in [0.15, 0.2) is 0 Å². The quantitative estimate of drug-likeness (QED) is 0.351. The van der Waals surface area contributed by atoms with Crippen LogP contribution in [0.3, 0.4) is 0 Å². The number of aromatic nitrogens is 2. The lowest BCUT2D eigenvalue weighted by Gasteiger charge is -2.03. The highest BCUT2D eigenvalue weighted by Crippen LogP contribution is 2.07. The fourth-order valence-electron chi connectivity index (χ4n) is 2.47. The fraction of sp³-hybridized carbons (Fsp3) is 0.360. The molecular formula is C25H30N2Si. The second-order valence-corrected chi connectivity index (χ2v) is 12.7. The van der Waals surface area contributed by atoms with E-state index in [1.165, 1.54) is 25.7 Å². The van der Waals surface area contributed by atoms with Crippen LogP contribution in [0, 0.1) is 23.3 Å². The van der Waals surface area contributed by atoms with Gasteiger partial charge in [-0.15, -0.1) is 5.54 Å². The Balaban J connectivity index is 1.87. The minimum atomic E-state index is -1.35. The van der Waals surface area contributed by atoms with Gasteiger partial charge in [0.1, 0.15) is 8.07 Å². The van der Waals surface area contributed by atoms with Crippen LogP contribution < -0.4 is 0 Å². The maximum atomic E-state index is 4.51. The van der Waals surface area contributed by atoms with Crippen LogP contribution in [0.15, 0.2) is 42.7 Å². The summed E-state index contributed by atoms with van der Waals surface area (Å²) in [6.07, 6.45) is 13.5. The first-order valence-corrected chi connectivity index (χ1v) is 13.6. The Labute approximate surface area is 171 Å². The molecule has 0 spiro atoms. The molecule has 3 heteroatoms. The first kappa shape index (κ1) is 21.7. The smallest absolute Gasteiger partial charge is 0.129 e. The van der Waals surface area contributed by atoms with Gasteiger partial charge in [-0.2, -0.15) is 0 Å². The summed E-state index contributed by atoms with van der Waals surface area (Å²) in [6, 6.07) is 8.12. The SMILES string of the molecule is CCCCCCc1ccc(C#CC=Cc2ccc(C#C[Si](C)(C)C)cn2)cn1. The second kappa shape index (κ2) is 11.3. The van der Waals surface area contributed by atoms with E-state index in [0.29, 0.717) is 0 Å². The van der Waals surface area contributed by atoms with E-state index >= 15 is 0 Å². The summed E-state index contributed by atoms with van der Waals surface area (Å²) in [6.45, 7) is 8.94. The van der Waals surface area contributed by atoms with E-state index in [0.717, 1.165) is 28.9 Å². The normalized spacial score (nSPS) is 10.9. The van der Waals surface area contributed by atoms with E-state index in [4.69, 9.17) is 0 Å². The van der Waals surface area contributed by atoms with Crippen molar-refractivity contribution < 1.29 is 0 Å². The number of pyridine rings is 2. The fourth-order valence-corrected chi connectivity index (χ4v) is 2.99. The average Bonchev–Trinajstić information content (AvgIpc) is 2.68. The molecule has 0 radical (unpaired) electrons. The highest BCUT2D eigenvalue weighted by atomic mass is 28.3. The first-order valence-electron chi connectivity index (χ1n) is 10.1. The Morgan fingerprint density at radius 1 is 0.893 bits per heavy atom. The minimum absolute atomic E-state index is 0.883. The molecule has 0 saturated carbocycles. The predicted molar refractivity (Wildman–Crippen MR) is 122 cm³/mol. The molecule has 0 atom stereocenters. The lowest BCUT2D eigenvalue weighted by Crippen LogP contribution is -2.16. The molecule has 144 valence electrons. The second-order valence-electron chi connectivity index (χ2n) is 7.92. The highest BCUT2D eigenvalue weighted by Gasteiger charge is 2.07. The molecule has 28 heavy (non-hydrogen) atoms. The molecule has 0 fully saturated rings. The number of rotatable bonds is 6. The van der Waals surface area contributed by atoms with E-state index in [1.54, 1.807) is 0 Å². The molecule has 2 rings (SSSR count). The first-order chi connectivity index (χ1) is 13.5. The van der Waals surface area contributed by atoms with Gasteiger partial charge in [-0.3, -0.25) is 9.97 Å². The van der Waals surface area contributed by atoms with E-state index in [9.17, 15) is 0 Å². The van der Waals surface area contributed by atoms with Gasteiger partial charge >= 0.3 is 0 Å². The number of unbranched alkanes of at least 4 members (excludes halogenated alkanes) is 3. The van der Waals surface area contributed by atoms with Gasteiger partial charge in [-0.1, -0.05) is 63.6 Å². The van der Waals surface area contributed by atoms with Crippen LogP contribution in [0.5, 0.6) is 0 Å². The van der Waals surface area contributed by atoms with Gasteiger partial charge < -0.3 is 0 Å². The molecule has 2 aromatic rings. The van der Waals surface area contributed by atoms with Crippen molar-refractivity contribution in [2.24, 2.45) is 0 Å². The van der Waals surface area contributed by atoms with Crippen molar-refractivity contribution in [3.8, 4) is 23.3 Å². The molecule has 0 aliphatic rings. The molecule has 0 saturated heterocycles. The third-order valence-electron chi connectivity index (χ3n) is 4.03. The zero-order valence-corrected chi connectivity index (χ0v) is 18.5. The van der Waals surface area contributed by atoms with Crippen LogP contribution in [-0.4, -0.2) is 18.0 Å². The molecule has 0 aliphatic carbocycles. The van der Waals surface area contributed by atoms with Gasteiger partial charge in [0, 0.05) is 29.2 Å². The van der Waals surface area contributed by atoms with Crippen molar-refractivity contribution in [1.82, 2.24) is 9.97 Å². The molecule has 0 amide bonds. The maximum absolute atomic E-state index is 4.51. The zero-order valence-electron chi connectivity index (χ0n) is 17.5. The number of hydrogen-bond acceptors (Lipinski definition) is 2. The Morgan fingerprint density at radius 2 is 1.64 bits per heavy atom. The number of hydrogen-bond donors (Lipinski definition) is 0. The third-order valence-corrected chi connectivity index (χ3v) is 4.91. The van der Waals surface area contributed by atoms with Crippen LogP contribution in [0.25, 0.3) is 6.08 Å². The van der Waals surface area contributed by atoms with E-state index in [-0.39, 0.29) is 0 Å².